The molecule has 2 heterocycles. The molecule has 0 atom stereocenters. The van der Waals surface area contributed by atoms with Crippen molar-refractivity contribution >= 4 is 21.5 Å². The number of nitrogens with zero attached hydrogens (tertiary/aromatic N) is 4. The minimum absolute atomic E-state index is 0.213. The average Bonchev–Trinajstić information content (AvgIpc) is 2.69. The van der Waals surface area contributed by atoms with E-state index in [0.717, 1.165) is 5.69 Å². The maximum absolute atomic E-state index is 12.8. The van der Waals surface area contributed by atoms with E-state index in [9.17, 15) is 18.5 Å². The van der Waals surface area contributed by atoms with Gasteiger partial charge in [-0.3, -0.25) is 0 Å². The van der Waals surface area contributed by atoms with E-state index in [1.54, 1.807) is 30.3 Å². The van der Waals surface area contributed by atoms with Gasteiger partial charge in [0.25, 0.3) is 0 Å². The van der Waals surface area contributed by atoms with E-state index in [1.165, 1.54) is 16.6 Å². The van der Waals surface area contributed by atoms with Crippen LogP contribution in [0.2, 0.25) is 0 Å². The fourth-order valence-corrected chi connectivity index (χ4v) is 4.31. The average molecular weight is 392 g/mol. The Balaban J connectivity index is 1.66. The quantitative estimate of drug-likeness (QED) is 0.546. The Morgan fingerprint density at radius 3 is 2.30 bits per heavy atom. The lowest BCUT2D eigenvalue weighted by Gasteiger charge is -2.34. The van der Waals surface area contributed by atoms with Crippen molar-refractivity contribution in [2.45, 2.75) is 11.8 Å². The van der Waals surface area contributed by atoms with Crippen molar-refractivity contribution in [1.29, 1.82) is 0 Å². The zero-order valence-electron chi connectivity index (χ0n) is 14.8. The smallest absolute Gasteiger partial charge is 0.363 e. The van der Waals surface area contributed by atoms with Crippen molar-refractivity contribution < 1.29 is 18.1 Å². The van der Waals surface area contributed by atoms with Crippen LogP contribution in [-0.2, 0) is 10.0 Å². The molecule has 10 heteroatoms. The number of ether oxygens (including phenoxy) is 1. The van der Waals surface area contributed by atoms with Crippen LogP contribution in [0.15, 0.2) is 47.5 Å². The summed E-state index contributed by atoms with van der Waals surface area (Å²) in [6, 6.07) is 9.37. The first-order valence-electron chi connectivity index (χ1n) is 8.50. The number of nitro groups is 1. The van der Waals surface area contributed by atoms with Gasteiger partial charge in [-0.25, -0.2) is 8.42 Å². The fraction of sp³-hybridized carbons (Fsp3) is 0.353. The number of hydrogen-bond acceptors (Lipinski definition) is 7. The van der Waals surface area contributed by atoms with Gasteiger partial charge in [-0.05, 0) is 47.2 Å². The number of rotatable bonds is 6. The molecule has 3 rings (SSSR count). The molecule has 0 spiro atoms. The molecule has 1 fully saturated rings. The highest BCUT2D eigenvalue weighted by Gasteiger charge is 2.29. The molecule has 27 heavy (non-hydrogen) atoms. The van der Waals surface area contributed by atoms with Crippen LogP contribution in [0, 0.1) is 10.1 Å². The van der Waals surface area contributed by atoms with Crippen LogP contribution < -0.4 is 9.64 Å². The lowest BCUT2D eigenvalue weighted by atomic mass is 10.3. The minimum atomic E-state index is -3.57. The summed E-state index contributed by atoms with van der Waals surface area (Å²) < 4.78 is 32.4. The fourth-order valence-electron chi connectivity index (χ4n) is 2.88. The van der Waals surface area contributed by atoms with E-state index in [1.807, 2.05) is 11.8 Å². The Bertz CT molecular complexity index is 892. The van der Waals surface area contributed by atoms with Crippen LogP contribution in [0.4, 0.5) is 11.5 Å². The van der Waals surface area contributed by atoms with Crippen molar-refractivity contribution in [1.82, 2.24) is 9.29 Å². The SMILES string of the molecule is CCOc1ccc(S(=O)(=O)N2CCN(c3ccc([N+](=O)[O-])nc3)CC2)cc1. The first-order chi connectivity index (χ1) is 12.9. The molecule has 0 amide bonds. The van der Waals surface area contributed by atoms with E-state index in [-0.39, 0.29) is 10.7 Å². The van der Waals surface area contributed by atoms with E-state index >= 15 is 0 Å². The number of pyridine rings is 1. The van der Waals surface area contributed by atoms with Gasteiger partial charge in [0.15, 0.2) is 6.20 Å². The van der Waals surface area contributed by atoms with Crippen molar-refractivity contribution in [3.8, 4) is 5.75 Å². The van der Waals surface area contributed by atoms with Gasteiger partial charge in [-0.1, -0.05) is 0 Å². The summed E-state index contributed by atoms with van der Waals surface area (Å²) in [6.45, 7) is 4.00. The molecule has 0 N–H and O–H groups in total. The molecule has 0 bridgehead atoms. The zero-order valence-corrected chi connectivity index (χ0v) is 15.6. The lowest BCUT2D eigenvalue weighted by molar-refractivity contribution is -0.389. The molecule has 1 aliphatic rings. The van der Waals surface area contributed by atoms with Gasteiger partial charge < -0.3 is 19.8 Å². The van der Waals surface area contributed by atoms with Crippen molar-refractivity contribution in [3.63, 3.8) is 0 Å². The highest BCUT2D eigenvalue weighted by Crippen LogP contribution is 2.23. The number of hydrogen-bond donors (Lipinski definition) is 0. The lowest BCUT2D eigenvalue weighted by Crippen LogP contribution is -2.48. The van der Waals surface area contributed by atoms with Gasteiger partial charge in [-0.2, -0.15) is 4.31 Å². The monoisotopic (exact) mass is 392 g/mol. The third kappa shape index (κ3) is 4.17. The minimum Gasteiger partial charge on any atom is -0.494 e. The van der Waals surface area contributed by atoms with E-state index in [0.29, 0.717) is 38.5 Å². The molecule has 144 valence electrons. The first kappa shape index (κ1) is 19.1. The van der Waals surface area contributed by atoms with Crippen LogP contribution in [0.25, 0.3) is 0 Å². The van der Waals surface area contributed by atoms with Crippen molar-refractivity contribution in [2.24, 2.45) is 0 Å². The largest absolute Gasteiger partial charge is 0.494 e. The Kier molecular flexibility index (Phi) is 5.57. The zero-order chi connectivity index (χ0) is 19.4. The van der Waals surface area contributed by atoms with Crippen LogP contribution in [-0.4, -0.2) is 55.4 Å². The normalized spacial score (nSPS) is 15.5. The highest BCUT2D eigenvalue weighted by molar-refractivity contribution is 7.89. The number of aromatic nitrogens is 1. The standard InChI is InChI=1S/C17H20N4O5S/c1-2-26-15-4-6-16(7-5-15)27(24,25)20-11-9-19(10-12-20)14-3-8-17(18-13-14)21(22)23/h3-8,13H,2,9-12H2,1H3. The Morgan fingerprint density at radius 2 is 1.78 bits per heavy atom. The molecular formula is C17H20N4O5S. The predicted octanol–water partition coefficient (Wildman–Crippen LogP) is 1.90. The molecule has 9 nitrogen and oxygen atoms in total. The molecule has 0 saturated carbocycles. The van der Waals surface area contributed by atoms with Gasteiger partial charge in [-0.15, -0.1) is 0 Å². The topological polar surface area (TPSA) is 106 Å². The predicted molar refractivity (Wildman–Crippen MR) is 99.5 cm³/mol. The van der Waals surface area contributed by atoms with E-state index < -0.39 is 14.9 Å². The van der Waals surface area contributed by atoms with Gasteiger partial charge in [0.1, 0.15) is 5.75 Å². The summed E-state index contributed by atoms with van der Waals surface area (Å²) in [5.74, 6) is 0.419. The highest BCUT2D eigenvalue weighted by atomic mass is 32.2. The molecule has 1 saturated heterocycles. The number of sulfonamides is 1. The summed E-state index contributed by atoms with van der Waals surface area (Å²) in [4.78, 5) is 16.1. The Hall–Kier alpha value is -2.72. The molecule has 0 unspecified atom stereocenters. The maximum Gasteiger partial charge on any atom is 0.363 e. The summed E-state index contributed by atoms with van der Waals surface area (Å²) in [5.41, 5.74) is 0.735. The van der Waals surface area contributed by atoms with Crippen LogP contribution in [0.1, 0.15) is 6.92 Å². The summed E-state index contributed by atoms with van der Waals surface area (Å²) in [5, 5.41) is 10.7. The van der Waals surface area contributed by atoms with E-state index in [2.05, 4.69) is 4.98 Å². The second-order valence-electron chi connectivity index (χ2n) is 5.93. The van der Waals surface area contributed by atoms with Gasteiger partial charge in [0.05, 0.1) is 17.2 Å². The van der Waals surface area contributed by atoms with Gasteiger partial charge >= 0.3 is 5.82 Å². The van der Waals surface area contributed by atoms with Gasteiger partial charge in [0, 0.05) is 32.2 Å². The number of anilines is 1. The maximum atomic E-state index is 12.8. The van der Waals surface area contributed by atoms with Crippen molar-refractivity contribution in [2.75, 3.05) is 37.7 Å². The van der Waals surface area contributed by atoms with E-state index in [4.69, 9.17) is 4.74 Å². The molecule has 0 radical (unpaired) electrons. The summed E-state index contributed by atoms with van der Waals surface area (Å²) >= 11 is 0. The van der Waals surface area contributed by atoms with Gasteiger partial charge in [0.2, 0.25) is 10.0 Å². The molecule has 0 aliphatic carbocycles. The molecular weight excluding hydrogens is 372 g/mol. The Labute approximate surface area is 157 Å². The summed E-state index contributed by atoms with van der Waals surface area (Å²) in [7, 11) is -3.57. The Morgan fingerprint density at radius 1 is 1.11 bits per heavy atom. The first-order valence-corrected chi connectivity index (χ1v) is 9.94. The number of piperazine rings is 1. The van der Waals surface area contributed by atoms with Crippen LogP contribution in [0.3, 0.4) is 0 Å². The second kappa shape index (κ2) is 7.89. The third-order valence-corrected chi connectivity index (χ3v) is 6.21. The van der Waals surface area contributed by atoms with Crippen LogP contribution >= 0.6 is 0 Å². The summed E-state index contributed by atoms with van der Waals surface area (Å²) in [6.07, 6.45) is 1.44. The molecule has 2 aromatic rings. The molecule has 1 aromatic carbocycles. The van der Waals surface area contributed by atoms with Crippen molar-refractivity contribution in [3.05, 3.63) is 52.7 Å². The molecule has 1 aliphatic heterocycles. The van der Waals surface area contributed by atoms with Crippen LogP contribution in [0.5, 0.6) is 5.75 Å². The molecule has 1 aromatic heterocycles. The third-order valence-electron chi connectivity index (χ3n) is 4.30. The number of benzene rings is 1. The second-order valence-corrected chi connectivity index (χ2v) is 7.87.